The molecule has 1 aliphatic heterocycles. The van der Waals surface area contributed by atoms with Gasteiger partial charge < -0.3 is 5.32 Å². The van der Waals surface area contributed by atoms with Crippen LogP contribution in [0.25, 0.3) is 6.08 Å². The molecule has 1 aromatic carbocycles. The Labute approximate surface area is 90.2 Å². The van der Waals surface area contributed by atoms with Crippen LogP contribution < -0.4 is 5.32 Å². The molecule has 2 rings (SSSR count). The largest absolute Gasteiger partial charge is 0.369 e. The van der Waals surface area contributed by atoms with Crippen molar-refractivity contribution in [3.8, 4) is 0 Å². The molecule has 3 heteroatoms. The van der Waals surface area contributed by atoms with E-state index in [9.17, 15) is 0 Å². The number of aliphatic imine (C=N–C) groups is 1. The van der Waals surface area contributed by atoms with E-state index >= 15 is 0 Å². The lowest BCUT2D eigenvalue weighted by atomic mass is 10.2. The van der Waals surface area contributed by atoms with Crippen molar-refractivity contribution < 1.29 is 0 Å². The van der Waals surface area contributed by atoms with Crippen LogP contribution in [0.5, 0.6) is 0 Å². The Kier molecular flexibility index (Phi) is 4.20. The van der Waals surface area contributed by atoms with Gasteiger partial charge in [0.05, 0.1) is 6.54 Å². The third-order valence-electron chi connectivity index (χ3n) is 1.93. The summed E-state index contributed by atoms with van der Waals surface area (Å²) in [6.07, 6.45) is 4.08. The maximum absolute atomic E-state index is 4.27. The van der Waals surface area contributed by atoms with Crippen LogP contribution in [0.15, 0.2) is 41.4 Å². The molecule has 1 heterocycles. The second-order valence-corrected chi connectivity index (χ2v) is 2.94. The average molecular weight is 209 g/mol. The molecule has 1 aliphatic rings. The minimum Gasteiger partial charge on any atom is -0.369 e. The fraction of sp³-hybridized carbons (Fsp3) is 0.182. The Hall–Kier alpha value is -1.28. The average Bonchev–Trinajstić information content (AvgIpc) is 2.69. The van der Waals surface area contributed by atoms with Gasteiger partial charge in [0.1, 0.15) is 5.84 Å². The summed E-state index contributed by atoms with van der Waals surface area (Å²) >= 11 is 0. The molecule has 74 valence electrons. The standard InChI is InChI=1S/C11H12N2.ClH/c1-2-4-10(5-3-1)6-7-11-12-8-9-13-11;/h1-7H,8-9H2,(H,12,13);1H/b7-6+;. The Morgan fingerprint density at radius 3 is 2.57 bits per heavy atom. The third kappa shape index (κ3) is 2.89. The van der Waals surface area contributed by atoms with Gasteiger partial charge >= 0.3 is 0 Å². The van der Waals surface area contributed by atoms with Crippen LogP contribution >= 0.6 is 12.4 Å². The lowest BCUT2D eigenvalue weighted by molar-refractivity contribution is 0.961. The molecule has 0 unspecified atom stereocenters. The molecule has 0 fully saturated rings. The smallest absolute Gasteiger partial charge is 0.120 e. The number of halogens is 1. The normalized spacial score (nSPS) is 14.7. The molecule has 1 N–H and O–H groups in total. The van der Waals surface area contributed by atoms with E-state index in [1.54, 1.807) is 0 Å². The lowest BCUT2D eigenvalue weighted by Gasteiger charge is -1.93. The van der Waals surface area contributed by atoms with Crippen LogP contribution in [0.4, 0.5) is 0 Å². The third-order valence-corrected chi connectivity index (χ3v) is 1.93. The van der Waals surface area contributed by atoms with E-state index < -0.39 is 0 Å². The predicted molar refractivity (Wildman–Crippen MR) is 63.0 cm³/mol. The molecular weight excluding hydrogens is 196 g/mol. The van der Waals surface area contributed by atoms with Gasteiger partial charge in [-0.15, -0.1) is 12.4 Å². The Morgan fingerprint density at radius 1 is 1.14 bits per heavy atom. The minimum absolute atomic E-state index is 0. The summed E-state index contributed by atoms with van der Waals surface area (Å²) in [6.45, 7) is 1.86. The van der Waals surface area contributed by atoms with Crippen LogP contribution in [0.1, 0.15) is 5.56 Å². The zero-order valence-corrected chi connectivity index (χ0v) is 8.63. The summed E-state index contributed by atoms with van der Waals surface area (Å²) < 4.78 is 0. The van der Waals surface area contributed by atoms with E-state index in [1.807, 2.05) is 24.3 Å². The summed E-state index contributed by atoms with van der Waals surface area (Å²) in [7, 11) is 0. The number of nitrogens with zero attached hydrogens (tertiary/aromatic N) is 1. The van der Waals surface area contributed by atoms with Gasteiger partial charge in [-0.3, -0.25) is 4.99 Å². The Balaban J connectivity index is 0.000000980. The van der Waals surface area contributed by atoms with Crippen molar-refractivity contribution in [3.05, 3.63) is 42.0 Å². The molecule has 0 aromatic heterocycles. The predicted octanol–water partition coefficient (Wildman–Crippen LogP) is 2.12. The lowest BCUT2D eigenvalue weighted by Crippen LogP contribution is -2.15. The minimum atomic E-state index is 0. The topological polar surface area (TPSA) is 24.4 Å². The zero-order chi connectivity index (χ0) is 8.93. The molecule has 1 aromatic rings. The number of rotatable bonds is 2. The van der Waals surface area contributed by atoms with Crippen molar-refractivity contribution >= 4 is 24.3 Å². The molecule has 0 amide bonds. The first-order valence-electron chi connectivity index (χ1n) is 4.46. The van der Waals surface area contributed by atoms with Crippen molar-refractivity contribution in [2.24, 2.45) is 4.99 Å². The fourth-order valence-electron chi connectivity index (χ4n) is 1.27. The van der Waals surface area contributed by atoms with Crippen molar-refractivity contribution in [1.29, 1.82) is 0 Å². The molecule has 0 saturated carbocycles. The van der Waals surface area contributed by atoms with Crippen LogP contribution in [0.2, 0.25) is 0 Å². The van der Waals surface area contributed by atoms with Crippen molar-refractivity contribution in [2.75, 3.05) is 13.1 Å². The quantitative estimate of drug-likeness (QED) is 0.791. The van der Waals surface area contributed by atoms with E-state index in [-0.39, 0.29) is 12.4 Å². The first-order chi connectivity index (χ1) is 6.45. The summed E-state index contributed by atoms with van der Waals surface area (Å²) in [5, 5.41) is 3.19. The molecule has 0 spiro atoms. The molecule has 2 nitrogen and oxygen atoms in total. The van der Waals surface area contributed by atoms with E-state index in [1.165, 1.54) is 5.56 Å². The molecule has 0 bridgehead atoms. The van der Waals surface area contributed by atoms with Crippen molar-refractivity contribution in [1.82, 2.24) is 5.32 Å². The number of hydrogen-bond donors (Lipinski definition) is 1. The Morgan fingerprint density at radius 2 is 1.93 bits per heavy atom. The van der Waals surface area contributed by atoms with E-state index in [0.717, 1.165) is 18.9 Å². The van der Waals surface area contributed by atoms with Gasteiger partial charge in [-0.05, 0) is 11.6 Å². The molecule has 0 atom stereocenters. The maximum Gasteiger partial charge on any atom is 0.120 e. The number of hydrogen-bond acceptors (Lipinski definition) is 2. The van der Waals surface area contributed by atoms with Gasteiger partial charge in [0.25, 0.3) is 0 Å². The van der Waals surface area contributed by atoms with Crippen LogP contribution in [0.3, 0.4) is 0 Å². The van der Waals surface area contributed by atoms with Crippen molar-refractivity contribution in [2.45, 2.75) is 0 Å². The SMILES string of the molecule is C(=C\c1ccccc1)/C1=NCCN1.Cl. The molecule has 0 radical (unpaired) electrons. The second kappa shape index (κ2) is 5.45. The second-order valence-electron chi connectivity index (χ2n) is 2.94. The molecule has 0 saturated heterocycles. The van der Waals surface area contributed by atoms with Gasteiger partial charge in [-0.2, -0.15) is 0 Å². The highest BCUT2D eigenvalue weighted by molar-refractivity contribution is 5.97. The zero-order valence-electron chi connectivity index (χ0n) is 7.81. The van der Waals surface area contributed by atoms with Crippen LogP contribution in [-0.2, 0) is 0 Å². The van der Waals surface area contributed by atoms with Crippen molar-refractivity contribution in [3.63, 3.8) is 0 Å². The first-order valence-corrected chi connectivity index (χ1v) is 4.46. The van der Waals surface area contributed by atoms with Gasteiger partial charge in [-0.25, -0.2) is 0 Å². The molecule has 0 aliphatic carbocycles. The highest BCUT2D eigenvalue weighted by atomic mass is 35.5. The number of nitrogens with one attached hydrogen (secondary N) is 1. The van der Waals surface area contributed by atoms with Crippen LogP contribution in [-0.4, -0.2) is 18.9 Å². The van der Waals surface area contributed by atoms with Gasteiger partial charge in [-0.1, -0.05) is 36.4 Å². The monoisotopic (exact) mass is 208 g/mol. The molecular formula is C11H13ClN2. The number of benzene rings is 1. The summed E-state index contributed by atoms with van der Waals surface area (Å²) in [5.41, 5.74) is 1.21. The fourth-order valence-corrected chi connectivity index (χ4v) is 1.27. The summed E-state index contributed by atoms with van der Waals surface area (Å²) in [5.74, 6) is 0.990. The molecule has 14 heavy (non-hydrogen) atoms. The maximum atomic E-state index is 4.27. The summed E-state index contributed by atoms with van der Waals surface area (Å²) in [4.78, 5) is 4.27. The summed E-state index contributed by atoms with van der Waals surface area (Å²) in [6, 6.07) is 10.2. The first kappa shape index (κ1) is 10.8. The van der Waals surface area contributed by atoms with Crippen LogP contribution in [0, 0.1) is 0 Å². The highest BCUT2D eigenvalue weighted by Crippen LogP contribution is 2.01. The van der Waals surface area contributed by atoms with E-state index in [2.05, 4.69) is 28.5 Å². The number of amidine groups is 1. The van der Waals surface area contributed by atoms with Gasteiger partial charge in [0, 0.05) is 6.54 Å². The van der Waals surface area contributed by atoms with Gasteiger partial charge in [0.2, 0.25) is 0 Å². The van der Waals surface area contributed by atoms with E-state index in [0.29, 0.717) is 0 Å². The highest BCUT2D eigenvalue weighted by Gasteiger charge is 1.98. The van der Waals surface area contributed by atoms with Gasteiger partial charge in [0.15, 0.2) is 0 Å². The van der Waals surface area contributed by atoms with E-state index in [4.69, 9.17) is 0 Å². The Bertz CT molecular complexity index is 330.